The first-order valence-corrected chi connectivity index (χ1v) is 6.61. The molecule has 0 spiro atoms. The van der Waals surface area contributed by atoms with Crippen molar-refractivity contribution in [1.82, 2.24) is 0 Å². The lowest BCUT2D eigenvalue weighted by Crippen LogP contribution is -2.39. The van der Waals surface area contributed by atoms with Crippen molar-refractivity contribution in [1.29, 1.82) is 0 Å². The maximum atomic E-state index is 11.8. The molecule has 0 amide bonds. The van der Waals surface area contributed by atoms with E-state index in [0.29, 0.717) is 16.9 Å². The van der Waals surface area contributed by atoms with Gasteiger partial charge in [0.2, 0.25) is 0 Å². The number of benzene rings is 2. The van der Waals surface area contributed by atoms with Gasteiger partial charge in [-0.1, -0.05) is 42.5 Å². The topological polar surface area (TPSA) is 66.8 Å². The number of aliphatic hydroxyl groups is 1. The Hall–Kier alpha value is -2.33. The summed E-state index contributed by atoms with van der Waals surface area (Å²) in [7, 11) is 1.55. The van der Waals surface area contributed by atoms with E-state index in [9.17, 15) is 15.0 Å². The highest BCUT2D eigenvalue weighted by molar-refractivity contribution is 5.82. The van der Waals surface area contributed by atoms with E-state index < -0.39 is 17.5 Å². The molecule has 0 aliphatic heterocycles. The number of aliphatic carboxylic acids is 1. The molecule has 0 aromatic heterocycles. The molecule has 0 unspecified atom stereocenters. The summed E-state index contributed by atoms with van der Waals surface area (Å²) in [5.74, 6) is -0.417. The Morgan fingerprint density at radius 1 is 1.10 bits per heavy atom. The molecule has 0 saturated carbocycles. The maximum Gasteiger partial charge on any atom is 0.316 e. The van der Waals surface area contributed by atoms with Crippen LogP contribution in [-0.2, 0) is 10.2 Å². The van der Waals surface area contributed by atoms with Gasteiger partial charge in [-0.3, -0.25) is 4.79 Å². The van der Waals surface area contributed by atoms with E-state index in [4.69, 9.17) is 4.74 Å². The Labute approximate surface area is 123 Å². The van der Waals surface area contributed by atoms with Crippen molar-refractivity contribution >= 4 is 5.97 Å². The van der Waals surface area contributed by atoms with Gasteiger partial charge in [0.05, 0.1) is 13.2 Å². The summed E-state index contributed by atoms with van der Waals surface area (Å²) >= 11 is 0. The molecule has 0 saturated heterocycles. The van der Waals surface area contributed by atoms with Crippen molar-refractivity contribution in [3.8, 4) is 5.75 Å². The van der Waals surface area contributed by atoms with Crippen LogP contribution in [0, 0.1) is 0 Å². The summed E-state index contributed by atoms with van der Waals surface area (Å²) in [6.07, 6.45) is -1.16. The summed E-state index contributed by atoms with van der Waals surface area (Å²) in [6, 6.07) is 15.5. The minimum atomic E-state index is -1.42. The number of carboxylic acid groups (broad SMARTS) is 1. The predicted octanol–water partition coefficient (Wildman–Crippen LogP) is 2.77. The van der Waals surface area contributed by atoms with E-state index in [1.54, 1.807) is 55.6 Å². The minimum Gasteiger partial charge on any atom is -0.497 e. The van der Waals surface area contributed by atoms with Gasteiger partial charge in [0, 0.05) is 0 Å². The molecule has 2 atom stereocenters. The van der Waals surface area contributed by atoms with E-state index in [1.165, 1.54) is 6.92 Å². The molecule has 0 fully saturated rings. The molecule has 21 heavy (non-hydrogen) atoms. The first-order valence-electron chi connectivity index (χ1n) is 6.61. The molecular formula is C17H18O4. The van der Waals surface area contributed by atoms with Crippen LogP contribution in [-0.4, -0.2) is 23.3 Å². The Bertz CT molecular complexity index is 606. The number of methoxy groups -OCH3 is 1. The van der Waals surface area contributed by atoms with Crippen molar-refractivity contribution < 1.29 is 19.7 Å². The Kier molecular flexibility index (Phi) is 4.29. The zero-order chi connectivity index (χ0) is 15.5. The lowest BCUT2D eigenvalue weighted by atomic mass is 9.75. The number of carbonyl (C=O) groups is 1. The Morgan fingerprint density at radius 3 is 2.14 bits per heavy atom. The van der Waals surface area contributed by atoms with E-state index in [1.807, 2.05) is 6.07 Å². The molecular weight excluding hydrogens is 268 g/mol. The normalized spacial score (nSPS) is 15.0. The van der Waals surface area contributed by atoms with Gasteiger partial charge in [-0.05, 0) is 30.2 Å². The largest absolute Gasteiger partial charge is 0.497 e. The molecule has 2 aromatic rings. The SMILES string of the molecule is COc1ccc([C@@H](O)[C@](C)(C(=O)O)c2ccccc2)cc1. The van der Waals surface area contributed by atoms with Crippen LogP contribution in [0.2, 0.25) is 0 Å². The van der Waals surface area contributed by atoms with Gasteiger partial charge in [-0.25, -0.2) is 0 Å². The third kappa shape index (κ3) is 2.76. The Morgan fingerprint density at radius 2 is 1.67 bits per heavy atom. The van der Waals surface area contributed by atoms with Crippen LogP contribution in [0.25, 0.3) is 0 Å². The van der Waals surface area contributed by atoms with Crippen molar-refractivity contribution in [3.63, 3.8) is 0 Å². The summed E-state index contributed by atoms with van der Waals surface area (Å²) in [4.78, 5) is 11.8. The van der Waals surface area contributed by atoms with Gasteiger partial charge in [-0.15, -0.1) is 0 Å². The molecule has 0 heterocycles. The highest BCUT2D eigenvalue weighted by Crippen LogP contribution is 2.38. The minimum absolute atomic E-state index is 0.532. The first kappa shape index (κ1) is 15.1. The van der Waals surface area contributed by atoms with Crippen LogP contribution >= 0.6 is 0 Å². The fourth-order valence-corrected chi connectivity index (χ4v) is 2.30. The zero-order valence-electron chi connectivity index (χ0n) is 12.0. The van der Waals surface area contributed by atoms with Gasteiger partial charge in [0.15, 0.2) is 0 Å². The molecule has 0 bridgehead atoms. The third-order valence-corrected chi connectivity index (χ3v) is 3.80. The summed E-state index contributed by atoms with van der Waals surface area (Å²) in [5, 5.41) is 20.2. The zero-order valence-corrected chi connectivity index (χ0v) is 12.0. The van der Waals surface area contributed by atoms with Gasteiger partial charge in [0.1, 0.15) is 11.2 Å². The summed E-state index contributed by atoms with van der Waals surface area (Å²) in [6.45, 7) is 1.53. The van der Waals surface area contributed by atoms with Gasteiger partial charge in [0.25, 0.3) is 0 Å². The molecule has 0 radical (unpaired) electrons. The highest BCUT2D eigenvalue weighted by Gasteiger charge is 2.43. The van der Waals surface area contributed by atoms with Crippen molar-refractivity contribution in [2.45, 2.75) is 18.4 Å². The fourth-order valence-electron chi connectivity index (χ4n) is 2.30. The lowest BCUT2D eigenvalue weighted by molar-refractivity contribution is -0.148. The van der Waals surface area contributed by atoms with Gasteiger partial charge < -0.3 is 14.9 Å². The summed E-state index contributed by atoms with van der Waals surface area (Å²) in [5.41, 5.74) is -0.332. The number of rotatable bonds is 5. The van der Waals surface area contributed by atoms with Crippen LogP contribution in [0.1, 0.15) is 24.2 Å². The number of aliphatic hydroxyl groups excluding tert-OH is 1. The van der Waals surface area contributed by atoms with Crippen LogP contribution in [0.5, 0.6) is 5.75 Å². The number of hydrogen-bond acceptors (Lipinski definition) is 3. The molecule has 0 aliphatic carbocycles. The van der Waals surface area contributed by atoms with Crippen LogP contribution in [0.4, 0.5) is 0 Å². The van der Waals surface area contributed by atoms with Crippen molar-refractivity contribution in [2.75, 3.05) is 7.11 Å². The van der Waals surface area contributed by atoms with E-state index in [-0.39, 0.29) is 0 Å². The molecule has 4 nitrogen and oxygen atoms in total. The molecule has 110 valence electrons. The Balaban J connectivity index is 2.44. The number of carboxylic acids is 1. The quantitative estimate of drug-likeness (QED) is 0.887. The molecule has 2 rings (SSSR count). The average molecular weight is 286 g/mol. The van der Waals surface area contributed by atoms with Crippen LogP contribution in [0.3, 0.4) is 0 Å². The monoisotopic (exact) mass is 286 g/mol. The smallest absolute Gasteiger partial charge is 0.316 e. The van der Waals surface area contributed by atoms with Crippen molar-refractivity contribution in [2.24, 2.45) is 0 Å². The van der Waals surface area contributed by atoms with E-state index >= 15 is 0 Å². The molecule has 4 heteroatoms. The second-order valence-corrected chi connectivity index (χ2v) is 5.05. The molecule has 0 aliphatic rings. The van der Waals surface area contributed by atoms with Crippen LogP contribution < -0.4 is 4.74 Å². The fraction of sp³-hybridized carbons (Fsp3) is 0.235. The second-order valence-electron chi connectivity index (χ2n) is 5.05. The van der Waals surface area contributed by atoms with Crippen molar-refractivity contribution in [3.05, 3.63) is 65.7 Å². The predicted molar refractivity (Wildman–Crippen MR) is 79.4 cm³/mol. The average Bonchev–Trinajstić information content (AvgIpc) is 2.54. The van der Waals surface area contributed by atoms with Crippen LogP contribution in [0.15, 0.2) is 54.6 Å². The summed E-state index contributed by atoms with van der Waals surface area (Å²) < 4.78 is 5.07. The maximum absolute atomic E-state index is 11.8. The van der Waals surface area contributed by atoms with E-state index in [0.717, 1.165) is 0 Å². The van der Waals surface area contributed by atoms with Gasteiger partial charge >= 0.3 is 5.97 Å². The van der Waals surface area contributed by atoms with E-state index in [2.05, 4.69) is 0 Å². The molecule has 2 aromatic carbocycles. The second kappa shape index (κ2) is 5.97. The third-order valence-electron chi connectivity index (χ3n) is 3.80. The number of hydrogen-bond donors (Lipinski definition) is 2. The molecule has 2 N–H and O–H groups in total. The standard InChI is InChI=1S/C17H18O4/c1-17(16(19)20,13-6-4-3-5-7-13)15(18)12-8-10-14(21-2)11-9-12/h3-11,15,18H,1-2H3,(H,19,20)/t15-,17-/m1/s1. The lowest BCUT2D eigenvalue weighted by Gasteiger charge is -2.31. The number of ether oxygens (including phenoxy) is 1. The first-order chi connectivity index (χ1) is 10.00. The highest BCUT2D eigenvalue weighted by atomic mass is 16.5. The van der Waals surface area contributed by atoms with Gasteiger partial charge in [-0.2, -0.15) is 0 Å².